The Morgan fingerprint density at radius 2 is 1.12 bits per heavy atom. The van der Waals surface area contributed by atoms with Gasteiger partial charge >= 0.3 is 23.3 Å². The Morgan fingerprint density at radius 3 is 1.54 bits per heavy atom. The lowest BCUT2D eigenvalue weighted by molar-refractivity contribution is -0.146. The predicted molar refractivity (Wildman–Crippen MR) is 207 cm³/mol. The normalized spacial score (nSPS) is 19.6. The van der Waals surface area contributed by atoms with Crippen LogP contribution in [0, 0.1) is 23.5 Å². The number of aromatic nitrogens is 12. The summed E-state index contributed by atoms with van der Waals surface area (Å²) in [5.74, 6) is -1.71. The fraction of sp³-hybridized carbons (Fsp3) is 0.333. The summed E-state index contributed by atoms with van der Waals surface area (Å²) in [6.07, 6.45) is 11.0. The molecule has 0 radical (unpaired) electrons. The topological polar surface area (TPSA) is 226 Å². The van der Waals surface area contributed by atoms with Crippen LogP contribution in [0.1, 0.15) is 63.5 Å². The smallest absolute Gasteiger partial charge is 0.327 e. The average Bonchev–Trinajstić information content (AvgIpc) is 4.02. The van der Waals surface area contributed by atoms with E-state index in [2.05, 4.69) is 39.9 Å². The van der Waals surface area contributed by atoms with Gasteiger partial charge in [0.05, 0.1) is 53.4 Å². The van der Waals surface area contributed by atoms with Gasteiger partial charge in [0.15, 0.2) is 11.3 Å². The van der Waals surface area contributed by atoms with E-state index in [1.54, 1.807) is 36.6 Å². The molecule has 0 bridgehead atoms. The van der Waals surface area contributed by atoms with E-state index >= 15 is 0 Å². The van der Waals surface area contributed by atoms with Crippen LogP contribution in [0.25, 0.3) is 56.3 Å². The van der Waals surface area contributed by atoms with E-state index in [9.17, 15) is 33.1 Å². The number of aromatic amines is 2. The SMILES string of the molecule is COC(=O)C1CCC(n2c(=O)[nH]c3cnc(-n4cnc5ccc(F)cc54)nc32)CC1.O=C(O)C1CCC(n2c(=O)[nH]c3cnc(-n4cnc5ccc(F)cc54)nc32)CC1. The maximum Gasteiger partial charge on any atom is 0.327 e. The van der Waals surface area contributed by atoms with E-state index in [0.29, 0.717) is 102 Å². The van der Waals surface area contributed by atoms with E-state index < -0.39 is 11.8 Å². The van der Waals surface area contributed by atoms with Gasteiger partial charge in [-0.05, 0) is 75.6 Å². The Kier molecular flexibility index (Phi) is 9.52. The molecule has 6 aromatic heterocycles. The predicted octanol–water partition coefficient (Wildman–Crippen LogP) is 4.92. The lowest BCUT2D eigenvalue weighted by atomic mass is 9.86. The zero-order valence-corrected chi connectivity index (χ0v) is 31.5. The largest absolute Gasteiger partial charge is 0.481 e. The van der Waals surface area contributed by atoms with Gasteiger partial charge in [-0.25, -0.2) is 38.3 Å². The molecule has 0 aliphatic heterocycles. The van der Waals surface area contributed by atoms with E-state index in [-0.39, 0.29) is 53.0 Å². The number of carbonyl (C=O) groups excluding carboxylic acids is 1. The van der Waals surface area contributed by atoms with Crippen LogP contribution in [0.3, 0.4) is 0 Å². The van der Waals surface area contributed by atoms with Crippen LogP contribution in [0.15, 0.2) is 71.0 Å². The minimum absolute atomic E-state index is 0.0770. The van der Waals surface area contributed by atoms with Crippen LogP contribution in [-0.2, 0) is 14.3 Å². The number of carbonyl (C=O) groups is 2. The van der Waals surface area contributed by atoms with Gasteiger partial charge in [-0.1, -0.05) is 0 Å². The second kappa shape index (κ2) is 15.0. The molecule has 302 valence electrons. The lowest BCUT2D eigenvalue weighted by Crippen LogP contribution is -2.29. The highest BCUT2D eigenvalue weighted by atomic mass is 19.1. The summed E-state index contributed by atoms with van der Waals surface area (Å²) in [4.78, 5) is 80.0. The van der Waals surface area contributed by atoms with Crippen LogP contribution in [0.5, 0.6) is 0 Å². The first-order valence-electron chi connectivity index (χ1n) is 19.1. The second-order valence-electron chi connectivity index (χ2n) is 14.8. The molecule has 3 N–H and O–H groups in total. The van der Waals surface area contributed by atoms with E-state index in [0.717, 1.165) is 0 Å². The van der Waals surface area contributed by atoms with E-state index in [1.807, 2.05) is 0 Å². The molecule has 2 aliphatic rings. The minimum atomic E-state index is -0.793. The lowest BCUT2D eigenvalue weighted by Gasteiger charge is -2.27. The summed E-state index contributed by atoms with van der Waals surface area (Å²) in [5.41, 5.74) is 3.66. The zero-order chi connectivity index (χ0) is 40.9. The van der Waals surface area contributed by atoms with Crippen LogP contribution in [0.4, 0.5) is 8.78 Å². The van der Waals surface area contributed by atoms with Crippen molar-refractivity contribution >= 4 is 56.3 Å². The number of benzene rings is 2. The van der Waals surface area contributed by atoms with Crippen molar-refractivity contribution in [1.29, 1.82) is 0 Å². The number of fused-ring (bicyclic) bond motifs is 4. The number of ether oxygens (including phenoxy) is 1. The number of methoxy groups -OCH3 is 1. The summed E-state index contributed by atoms with van der Waals surface area (Å²) < 4.78 is 38.6. The molecular weight excluding hydrogens is 771 g/mol. The van der Waals surface area contributed by atoms with Crippen LogP contribution in [-0.4, -0.2) is 82.3 Å². The fourth-order valence-electron chi connectivity index (χ4n) is 8.32. The van der Waals surface area contributed by atoms with Gasteiger partial charge in [0.2, 0.25) is 11.9 Å². The first-order valence-corrected chi connectivity index (χ1v) is 19.1. The first kappa shape index (κ1) is 37.5. The number of nitrogens with one attached hydrogen (secondary N) is 2. The van der Waals surface area contributed by atoms with Gasteiger partial charge in [0.1, 0.15) is 35.3 Å². The molecule has 2 aliphatic carbocycles. The van der Waals surface area contributed by atoms with Gasteiger partial charge < -0.3 is 19.8 Å². The number of esters is 1. The maximum atomic E-state index is 13.7. The molecule has 20 heteroatoms. The molecule has 59 heavy (non-hydrogen) atoms. The molecule has 0 saturated heterocycles. The Hall–Kier alpha value is -7.12. The van der Waals surface area contributed by atoms with Crippen LogP contribution >= 0.6 is 0 Å². The molecule has 2 fully saturated rings. The highest BCUT2D eigenvalue weighted by Gasteiger charge is 2.31. The van der Waals surface area contributed by atoms with Crippen molar-refractivity contribution in [2.75, 3.05) is 7.11 Å². The number of carboxylic acids is 1. The Bertz CT molecular complexity index is 3020. The number of hydrogen-bond donors (Lipinski definition) is 3. The number of rotatable bonds is 6. The molecule has 8 aromatic rings. The van der Waals surface area contributed by atoms with Gasteiger partial charge in [0.25, 0.3) is 0 Å². The van der Waals surface area contributed by atoms with Crippen molar-refractivity contribution in [3.8, 4) is 11.9 Å². The molecule has 2 saturated carbocycles. The highest BCUT2D eigenvalue weighted by Crippen LogP contribution is 2.34. The fourth-order valence-corrected chi connectivity index (χ4v) is 8.32. The quantitative estimate of drug-likeness (QED) is 0.191. The van der Waals surface area contributed by atoms with E-state index in [1.165, 1.54) is 50.2 Å². The molecule has 10 rings (SSSR count). The Balaban J connectivity index is 0.000000152. The number of halogens is 2. The number of H-pyrrole nitrogens is 2. The van der Waals surface area contributed by atoms with Crippen molar-refractivity contribution in [2.24, 2.45) is 11.8 Å². The third-order valence-electron chi connectivity index (χ3n) is 11.3. The monoisotopic (exact) mass is 806 g/mol. The van der Waals surface area contributed by atoms with Crippen molar-refractivity contribution in [2.45, 2.75) is 63.5 Å². The van der Waals surface area contributed by atoms with Gasteiger partial charge in [-0.2, -0.15) is 9.97 Å². The zero-order valence-electron chi connectivity index (χ0n) is 31.5. The molecule has 6 heterocycles. The summed E-state index contributed by atoms with van der Waals surface area (Å²) in [6.45, 7) is 0. The first-order chi connectivity index (χ1) is 28.6. The van der Waals surface area contributed by atoms with Gasteiger partial charge in [0, 0.05) is 24.2 Å². The minimum Gasteiger partial charge on any atom is -0.481 e. The van der Waals surface area contributed by atoms with E-state index in [4.69, 9.17) is 4.74 Å². The Labute approximate surface area is 330 Å². The highest BCUT2D eigenvalue weighted by molar-refractivity contribution is 5.79. The number of imidazole rings is 4. The summed E-state index contributed by atoms with van der Waals surface area (Å²) in [7, 11) is 1.39. The van der Waals surface area contributed by atoms with Crippen molar-refractivity contribution in [3.05, 3.63) is 94.0 Å². The molecule has 0 spiro atoms. The number of nitrogens with zero attached hydrogens (tertiary/aromatic N) is 10. The summed E-state index contributed by atoms with van der Waals surface area (Å²) in [5, 5.41) is 9.20. The van der Waals surface area contributed by atoms with Crippen molar-refractivity contribution < 1.29 is 28.2 Å². The molecule has 0 amide bonds. The molecule has 0 unspecified atom stereocenters. The summed E-state index contributed by atoms with van der Waals surface area (Å²) >= 11 is 0. The maximum absolute atomic E-state index is 13.7. The van der Waals surface area contributed by atoms with Crippen LogP contribution < -0.4 is 11.4 Å². The van der Waals surface area contributed by atoms with Crippen molar-refractivity contribution in [1.82, 2.24) is 58.1 Å². The number of aliphatic carboxylic acids is 1. The third kappa shape index (κ3) is 6.88. The van der Waals surface area contributed by atoms with Crippen LogP contribution in [0.2, 0.25) is 0 Å². The number of carboxylic acid groups (broad SMARTS) is 1. The molecule has 2 aromatic carbocycles. The summed E-state index contributed by atoms with van der Waals surface area (Å²) in [6, 6.07) is 8.36. The molecule has 0 atom stereocenters. The third-order valence-corrected chi connectivity index (χ3v) is 11.3. The van der Waals surface area contributed by atoms with Gasteiger partial charge in [-0.3, -0.25) is 27.9 Å². The average molecular weight is 807 g/mol. The Morgan fingerprint density at radius 1 is 0.678 bits per heavy atom. The molecular formula is C39H36F2N12O6. The van der Waals surface area contributed by atoms with Crippen molar-refractivity contribution in [3.63, 3.8) is 0 Å². The standard InChI is InChI=1S/C20H19FN6O3.C19H17FN6O3/c1-30-18(28)11-2-5-13(6-3-11)27-17-15(24-20(27)29)9-22-19(25-17)26-10-23-14-7-4-12(21)8-16(14)26;20-11-3-6-13-15(7-11)25(9-22-13)18-21-8-14-16(24-18)26(19(29)23-14)12-4-1-10(2-5-12)17(27)28/h4,7-11,13H,2-3,5-6H2,1H3,(H,24,29);3,6-10,12H,1-2,4-5H2,(H,23,29)(H,27,28). The van der Waals surface area contributed by atoms with Gasteiger partial charge in [-0.15, -0.1) is 0 Å². The molecule has 18 nitrogen and oxygen atoms in total. The number of hydrogen-bond acceptors (Lipinski definition) is 11. The second-order valence-corrected chi connectivity index (χ2v) is 14.8.